The van der Waals surface area contributed by atoms with E-state index in [0.717, 1.165) is 5.92 Å². The fourth-order valence-electron chi connectivity index (χ4n) is 0.906. The summed E-state index contributed by atoms with van der Waals surface area (Å²) in [5, 5.41) is 2.12. The molecule has 0 atom stereocenters. The van der Waals surface area contributed by atoms with Crippen LogP contribution in [0.3, 0.4) is 0 Å². The third-order valence-electron chi connectivity index (χ3n) is 1.70. The zero-order chi connectivity index (χ0) is 6.81. The highest BCUT2D eigenvalue weighted by Crippen LogP contribution is 2.31. The summed E-state index contributed by atoms with van der Waals surface area (Å²) in [6, 6.07) is 4.25. The monoisotopic (exact) mass is 150 g/mol. The van der Waals surface area contributed by atoms with Crippen LogP contribution in [0.4, 0.5) is 0 Å². The van der Waals surface area contributed by atoms with Crippen LogP contribution in [0.15, 0.2) is 23.6 Å². The Balaban J connectivity index is 2.01. The first kappa shape index (κ1) is 6.17. The number of rotatable bonds is 2. The van der Waals surface area contributed by atoms with Crippen molar-refractivity contribution in [3.63, 3.8) is 0 Å². The quantitative estimate of drug-likeness (QED) is 0.607. The van der Waals surface area contributed by atoms with Gasteiger partial charge in [-0.15, -0.1) is 11.3 Å². The lowest BCUT2D eigenvalue weighted by Gasteiger charge is -1.80. The molecular formula is C9H10S. The molecule has 0 nitrogen and oxygen atoms in total. The Bertz CT molecular complexity index is 217. The van der Waals surface area contributed by atoms with Gasteiger partial charge in [-0.3, -0.25) is 0 Å². The first-order chi connectivity index (χ1) is 4.95. The van der Waals surface area contributed by atoms with Crippen molar-refractivity contribution in [3.05, 3.63) is 28.5 Å². The highest BCUT2D eigenvalue weighted by Gasteiger charge is 2.16. The Morgan fingerprint density at radius 3 is 3.00 bits per heavy atom. The Morgan fingerprint density at radius 2 is 2.40 bits per heavy atom. The van der Waals surface area contributed by atoms with Crippen LogP contribution < -0.4 is 0 Å². The van der Waals surface area contributed by atoms with Crippen molar-refractivity contribution in [3.8, 4) is 0 Å². The van der Waals surface area contributed by atoms with Crippen molar-refractivity contribution in [2.24, 2.45) is 5.92 Å². The third-order valence-corrected chi connectivity index (χ3v) is 2.54. The normalized spacial score (nSPS) is 18.4. The summed E-state index contributed by atoms with van der Waals surface area (Å²) < 4.78 is 0. The summed E-state index contributed by atoms with van der Waals surface area (Å²) in [7, 11) is 0. The van der Waals surface area contributed by atoms with Gasteiger partial charge in [0.1, 0.15) is 0 Å². The van der Waals surface area contributed by atoms with Gasteiger partial charge in [0, 0.05) is 4.88 Å². The predicted molar refractivity (Wildman–Crippen MR) is 46.1 cm³/mol. The number of hydrogen-bond donors (Lipinski definition) is 0. The zero-order valence-electron chi connectivity index (χ0n) is 5.79. The standard InChI is InChI=1S/C9H10S/c1-2-9(10-7-1)6-5-8-3-4-8/h1-2,5-8H,3-4H2/b6-5+. The van der Waals surface area contributed by atoms with E-state index in [1.54, 1.807) is 11.3 Å². The van der Waals surface area contributed by atoms with E-state index in [2.05, 4.69) is 29.7 Å². The Kier molecular flexibility index (Phi) is 1.60. The molecule has 0 radical (unpaired) electrons. The van der Waals surface area contributed by atoms with Crippen LogP contribution in [0.25, 0.3) is 6.08 Å². The fourth-order valence-corrected chi connectivity index (χ4v) is 1.53. The smallest absolute Gasteiger partial charge is 0.0267 e. The first-order valence-electron chi connectivity index (χ1n) is 3.67. The molecule has 0 N–H and O–H groups in total. The molecule has 0 aliphatic heterocycles. The van der Waals surface area contributed by atoms with Gasteiger partial charge < -0.3 is 0 Å². The van der Waals surface area contributed by atoms with E-state index >= 15 is 0 Å². The van der Waals surface area contributed by atoms with E-state index in [-0.39, 0.29) is 0 Å². The number of thiophene rings is 1. The van der Waals surface area contributed by atoms with E-state index in [1.807, 2.05) is 0 Å². The van der Waals surface area contributed by atoms with Gasteiger partial charge in [-0.05, 0) is 36.3 Å². The lowest BCUT2D eigenvalue weighted by Crippen LogP contribution is -1.60. The maximum atomic E-state index is 2.33. The van der Waals surface area contributed by atoms with Crippen molar-refractivity contribution in [2.45, 2.75) is 12.8 Å². The molecule has 0 unspecified atom stereocenters. The highest BCUT2D eigenvalue weighted by molar-refractivity contribution is 7.10. The molecule has 1 heterocycles. The van der Waals surface area contributed by atoms with Crippen LogP contribution in [-0.2, 0) is 0 Å². The SMILES string of the molecule is C(=C\C1CC1)/c1cccs1. The van der Waals surface area contributed by atoms with Gasteiger partial charge in [0.15, 0.2) is 0 Å². The minimum atomic E-state index is 0.905. The van der Waals surface area contributed by atoms with Crippen LogP contribution in [0.2, 0.25) is 0 Å². The van der Waals surface area contributed by atoms with E-state index in [1.165, 1.54) is 17.7 Å². The topological polar surface area (TPSA) is 0 Å². The molecule has 1 heteroatoms. The molecule has 0 saturated heterocycles. The van der Waals surface area contributed by atoms with Gasteiger partial charge in [-0.25, -0.2) is 0 Å². The molecule has 1 fully saturated rings. The molecule has 2 rings (SSSR count). The molecule has 0 spiro atoms. The molecule has 1 aromatic heterocycles. The van der Waals surface area contributed by atoms with E-state index < -0.39 is 0 Å². The molecule has 10 heavy (non-hydrogen) atoms. The van der Waals surface area contributed by atoms with E-state index in [9.17, 15) is 0 Å². The van der Waals surface area contributed by atoms with Crippen LogP contribution in [0.5, 0.6) is 0 Å². The predicted octanol–water partition coefficient (Wildman–Crippen LogP) is 3.17. The second-order valence-corrected chi connectivity index (χ2v) is 3.69. The average molecular weight is 150 g/mol. The minimum Gasteiger partial charge on any atom is -0.144 e. The second-order valence-electron chi connectivity index (χ2n) is 2.71. The zero-order valence-corrected chi connectivity index (χ0v) is 6.60. The van der Waals surface area contributed by atoms with Gasteiger partial charge in [-0.2, -0.15) is 0 Å². The van der Waals surface area contributed by atoms with Crippen molar-refractivity contribution in [1.82, 2.24) is 0 Å². The van der Waals surface area contributed by atoms with Gasteiger partial charge in [0.25, 0.3) is 0 Å². The molecule has 1 aromatic rings. The van der Waals surface area contributed by atoms with Gasteiger partial charge in [0.05, 0.1) is 0 Å². The third kappa shape index (κ3) is 1.48. The summed E-state index contributed by atoms with van der Waals surface area (Å²) in [6.45, 7) is 0. The maximum absolute atomic E-state index is 2.33. The average Bonchev–Trinajstić information content (AvgIpc) is 2.63. The summed E-state index contributed by atoms with van der Waals surface area (Å²) in [6.07, 6.45) is 7.37. The van der Waals surface area contributed by atoms with Gasteiger partial charge >= 0.3 is 0 Å². The summed E-state index contributed by atoms with van der Waals surface area (Å²) >= 11 is 1.81. The number of hydrogen-bond acceptors (Lipinski definition) is 1. The summed E-state index contributed by atoms with van der Waals surface area (Å²) in [4.78, 5) is 1.38. The van der Waals surface area contributed by atoms with Crippen molar-refractivity contribution in [1.29, 1.82) is 0 Å². The van der Waals surface area contributed by atoms with Crippen LogP contribution in [0, 0.1) is 5.92 Å². The highest BCUT2D eigenvalue weighted by atomic mass is 32.1. The summed E-state index contributed by atoms with van der Waals surface area (Å²) in [5.74, 6) is 0.905. The Morgan fingerprint density at radius 1 is 1.50 bits per heavy atom. The maximum Gasteiger partial charge on any atom is 0.0267 e. The van der Waals surface area contributed by atoms with E-state index in [4.69, 9.17) is 0 Å². The molecule has 1 aliphatic rings. The molecule has 52 valence electrons. The van der Waals surface area contributed by atoms with Gasteiger partial charge in [0.2, 0.25) is 0 Å². The number of allylic oxidation sites excluding steroid dienone is 1. The molecule has 0 amide bonds. The molecule has 1 aliphatic carbocycles. The van der Waals surface area contributed by atoms with Crippen LogP contribution in [-0.4, -0.2) is 0 Å². The lowest BCUT2D eigenvalue weighted by molar-refractivity contribution is 1.13. The Hall–Kier alpha value is -0.560. The van der Waals surface area contributed by atoms with Gasteiger partial charge in [-0.1, -0.05) is 12.1 Å². The molecule has 1 saturated carbocycles. The molecular weight excluding hydrogens is 140 g/mol. The first-order valence-corrected chi connectivity index (χ1v) is 4.55. The second kappa shape index (κ2) is 2.59. The van der Waals surface area contributed by atoms with E-state index in [0.29, 0.717) is 0 Å². The summed E-state index contributed by atoms with van der Waals surface area (Å²) in [5.41, 5.74) is 0. The largest absolute Gasteiger partial charge is 0.144 e. The lowest BCUT2D eigenvalue weighted by atomic mass is 10.3. The molecule has 0 bridgehead atoms. The van der Waals surface area contributed by atoms with Crippen molar-refractivity contribution in [2.75, 3.05) is 0 Å². The van der Waals surface area contributed by atoms with Crippen molar-refractivity contribution < 1.29 is 0 Å². The molecule has 0 aromatic carbocycles. The minimum absolute atomic E-state index is 0.905. The van der Waals surface area contributed by atoms with Crippen LogP contribution >= 0.6 is 11.3 Å². The van der Waals surface area contributed by atoms with Crippen molar-refractivity contribution >= 4 is 17.4 Å². The van der Waals surface area contributed by atoms with Crippen LogP contribution in [0.1, 0.15) is 17.7 Å². The Labute approximate surface area is 65.2 Å². The fraction of sp³-hybridized carbons (Fsp3) is 0.333.